The van der Waals surface area contributed by atoms with Crippen molar-refractivity contribution >= 4 is 21.6 Å². The minimum Gasteiger partial charge on any atom is -0.493 e. The van der Waals surface area contributed by atoms with Gasteiger partial charge < -0.3 is 14.4 Å². The number of para-hydroxylation sites is 1. The van der Waals surface area contributed by atoms with Crippen LogP contribution < -0.4 is 19.1 Å². The maximum Gasteiger partial charge on any atom is 0.240 e. The number of nitrogens with zero attached hydrogens (tertiary/aromatic N) is 1. The predicted octanol–water partition coefficient (Wildman–Crippen LogP) is 2.04. The van der Waals surface area contributed by atoms with Crippen molar-refractivity contribution < 1.29 is 22.7 Å². The molecule has 1 aliphatic heterocycles. The second kappa shape index (κ2) is 7.98. The van der Waals surface area contributed by atoms with Crippen molar-refractivity contribution in [2.45, 2.75) is 11.3 Å². The first-order chi connectivity index (χ1) is 12.9. The van der Waals surface area contributed by atoms with Crippen molar-refractivity contribution in [3.05, 3.63) is 48.5 Å². The fraction of sp³-hybridized carbons (Fsp3) is 0.316. The molecule has 27 heavy (non-hydrogen) atoms. The summed E-state index contributed by atoms with van der Waals surface area (Å²) in [5.74, 6) is 0.701. The Morgan fingerprint density at radius 1 is 1.07 bits per heavy atom. The largest absolute Gasteiger partial charge is 0.493 e. The smallest absolute Gasteiger partial charge is 0.240 e. The number of rotatable bonds is 7. The number of ether oxygens (including phenoxy) is 2. The molecule has 0 aromatic heterocycles. The van der Waals surface area contributed by atoms with Crippen LogP contribution >= 0.6 is 0 Å². The molecular formula is C19H22N2O5S. The number of amides is 1. The van der Waals surface area contributed by atoms with E-state index >= 15 is 0 Å². The summed E-state index contributed by atoms with van der Waals surface area (Å²) in [7, 11) is -0.786. The molecule has 3 rings (SSSR count). The molecule has 0 spiro atoms. The zero-order valence-corrected chi connectivity index (χ0v) is 16.0. The van der Waals surface area contributed by atoms with Crippen molar-refractivity contribution in [3.63, 3.8) is 0 Å². The van der Waals surface area contributed by atoms with E-state index in [-0.39, 0.29) is 23.3 Å². The van der Waals surface area contributed by atoms with Crippen molar-refractivity contribution in [2.24, 2.45) is 5.92 Å². The minimum atomic E-state index is -3.72. The van der Waals surface area contributed by atoms with Gasteiger partial charge in [-0.05, 0) is 30.2 Å². The highest BCUT2D eigenvalue weighted by Gasteiger charge is 2.31. The molecule has 1 heterocycles. The number of carbonyl (C=O) groups excluding carboxylic acids is 1. The summed E-state index contributed by atoms with van der Waals surface area (Å²) in [5.41, 5.74) is 0.827. The normalized spacial score (nSPS) is 17.2. The van der Waals surface area contributed by atoms with E-state index < -0.39 is 10.0 Å². The van der Waals surface area contributed by atoms with Gasteiger partial charge in [-0.3, -0.25) is 4.79 Å². The van der Waals surface area contributed by atoms with E-state index in [2.05, 4.69) is 4.72 Å². The van der Waals surface area contributed by atoms with Gasteiger partial charge in [0.1, 0.15) is 0 Å². The third kappa shape index (κ3) is 4.23. The Labute approximate surface area is 158 Å². The topological polar surface area (TPSA) is 84.9 Å². The number of hydrogen-bond donors (Lipinski definition) is 1. The molecule has 0 aliphatic carbocycles. The van der Waals surface area contributed by atoms with Crippen molar-refractivity contribution in [2.75, 3.05) is 32.2 Å². The Kier molecular flexibility index (Phi) is 5.67. The lowest BCUT2D eigenvalue weighted by atomic mass is 10.1. The van der Waals surface area contributed by atoms with Crippen molar-refractivity contribution in [1.29, 1.82) is 0 Å². The molecule has 0 saturated carbocycles. The van der Waals surface area contributed by atoms with Crippen LogP contribution in [0.5, 0.6) is 11.5 Å². The van der Waals surface area contributed by atoms with Crippen LogP contribution in [0, 0.1) is 5.92 Å². The minimum absolute atomic E-state index is 0.00323. The van der Waals surface area contributed by atoms with Gasteiger partial charge in [-0.15, -0.1) is 0 Å². The molecule has 144 valence electrons. The number of carbonyl (C=O) groups is 1. The number of benzene rings is 2. The van der Waals surface area contributed by atoms with E-state index in [1.165, 1.54) is 26.4 Å². The predicted molar refractivity (Wildman–Crippen MR) is 102 cm³/mol. The first-order valence-corrected chi connectivity index (χ1v) is 10.00. The van der Waals surface area contributed by atoms with Gasteiger partial charge >= 0.3 is 0 Å². The van der Waals surface area contributed by atoms with E-state index in [9.17, 15) is 13.2 Å². The molecule has 2 aromatic rings. The second-order valence-electron chi connectivity index (χ2n) is 6.28. The van der Waals surface area contributed by atoms with Crippen LogP contribution in [0.25, 0.3) is 0 Å². The summed E-state index contributed by atoms with van der Waals surface area (Å²) < 4.78 is 38.0. The summed E-state index contributed by atoms with van der Waals surface area (Å²) in [5, 5.41) is 0. The van der Waals surface area contributed by atoms with Crippen LogP contribution in [0.4, 0.5) is 5.69 Å². The molecule has 8 heteroatoms. The van der Waals surface area contributed by atoms with Gasteiger partial charge in [-0.25, -0.2) is 13.1 Å². The van der Waals surface area contributed by atoms with E-state index in [1.807, 2.05) is 30.3 Å². The SMILES string of the molecule is COc1ccc(S(=O)(=O)NC[C@H]2CC(=O)N(c3ccccc3)C2)cc1OC. The lowest BCUT2D eigenvalue weighted by molar-refractivity contribution is -0.117. The molecular weight excluding hydrogens is 368 g/mol. The van der Waals surface area contributed by atoms with Gasteiger partial charge in [-0.1, -0.05) is 18.2 Å². The molecule has 7 nitrogen and oxygen atoms in total. The zero-order chi connectivity index (χ0) is 19.4. The lowest BCUT2D eigenvalue weighted by Crippen LogP contribution is -2.31. The van der Waals surface area contributed by atoms with Gasteiger partial charge in [-0.2, -0.15) is 0 Å². The molecule has 2 aromatic carbocycles. The van der Waals surface area contributed by atoms with Crippen LogP contribution in [0.1, 0.15) is 6.42 Å². The van der Waals surface area contributed by atoms with Gasteiger partial charge in [0.05, 0.1) is 19.1 Å². The van der Waals surface area contributed by atoms with E-state index in [0.29, 0.717) is 24.5 Å². The Hall–Kier alpha value is -2.58. The highest BCUT2D eigenvalue weighted by atomic mass is 32.2. The Morgan fingerprint density at radius 3 is 2.44 bits per heavy atom. The first kappa shape index (κ1) is 19.2. The van der Waals surface area contributed by atoms with Crippen LogP contribution in [-0.4, -0.2) is 41.6 Å². The van der Waals surface area contributed by atoms with Crippen LogP contribution in [-0.2, 0) is 14.8 Å². The first-order valence-electron chi connectivity index (χ1n) is 8.51. The molecule has 1 atom stereocenters. The molecule has 1 N–H and O–H groups in total. The van der Waals surface area contributed by atoms with Crippen LogP contribution in [0.2, 0.25) is 0 Å². The van der Waals surface area contributed by atoms with Crippen LogP contribution in [0.3, 0.4) is 0 Å². The monoisotopic (exact) mass is 390 g/mol. The highest BCUT2D eigenvalue weighted by molar-refractivity contribution is 7.89. The Morgan fingerprint density at radius 2 is 1.78 bits per heavy atom. The number of anilines is 1. The Bertz CT molecular complexity index is 915. The molecule has 1 saturated heterocycles. The fourth-order valence-electron chi connectivity index (χ4n) is 3.07. The molecule has 1 fully saturated rings. The average molecular weight is 390 g/mol. The molecule has 0 radical (unpaired) electrons. The van der Waals surface area contributed by atoms with Crippen molar-refractivity contribution in [1.82, 2.24) is 4.72 Å². The molecule has 0 unspecified atom stereocenters. The second-order valence-corrected chi connectivity index (χ2v) is 8.05. The van der Waals surface area contributed by atoms with E-state index in [1.54, 1.807) is 11.0 Å². The fourth-order valence-corrected chi connectivity index (χ4v) is 4.20. The van der Waals surface area contributed by atoms with Crippen molar-refractivity contribution in [3.8, 4) is 11.5 Å². The standard InChI is InChI=1S/C19H22N2O5S/c1-25-17-9-8-16(11-18(17)26-2)27(23,24)20-12-14-10-19(22)21(13-14)15-6-4-3-5-7-15/h3-9,11,14,20H,10,12-13H2,1-2H3/t14-/m1/s1. The molecule has 0 bridgehead atoms. The number of methoxy groups -OCH3 is 2. The summed E-state index contributed by atoms with van der Waals surface area (Å²) in [4.78, 5) is 14.0. The zero-order valence-electron chi connectivity index (χ0n) is 15.2. The summed E-state index contributed by atoms with van der Waals surface area (Å²) in [6.45, 7) is 0.670. The van der Waals surface area contributed by atoms with E-state index in [4.69, 9.17) is 9.47 Å². The van der Waals surface area contributed by atoms with E-state index in [0.717, 1.165) is 5.69 Å². The summed E-state index contributed by atoms with van der Waals surface area (Å²) in [6.07, 6.45) is 0.309. The highest BCUT2D eigenvalue weighted by Crippen LogP contribution is 2.29. The third-order valence-electron chi connectivity index (χ3n) is 4.50. The molecule has 1 amide bonds. The lowest BCUT2D eigenvalue weighted by Gasteiger charge is -2.17. The maximum absolute atomic E-state index is 12.6. The van der Waals surface area contributed by atoms with Gasteiger partial charge in [0.15, 0.2) is 11.5 Å². The Balaban J connectivity index is 1.67. The molecule has 1 aliphatic rings. The van der Waals surface area contributed by atoms with Crippen LogP contribution in [0.15, 0.2) is 53.4 Å². The number of nitrogens with one attached hydrogen (secondary N) is 1. The average Bonchev–Trinajstić information content (AvgIpc) is 3.07. The number of hydrogen-bond acceptors (Lipinski definition) is 5. The van der Waals surface area contributed by atoms with Gasteiger partial charge in [0.2, 0.25) is 15.9 Å². The van der Waals surface area contributed by atoms with Gasteiger partial charge in [0.25, 0.3) is 0 Å². The number of sulfonamides is 1. The third-order valence-corrected chi connectivity index (χ3v) is 5.92. The van der Waals surface area contributed by atoms with Gasteiger partial charge in [0, 0.05) is 31.3 Å². The quantitative estimate of drug-likeness (QED) is 0.782. The summed E-state index contributed by atoms with van der Waals surface area (Å²) in [6, 6.07) is 13.8. The maximum atomic E-state index is 12.6. The summed E-state index contributed by atoms with van der Waals surface area (Å²) >= 11 is 0.